The Hall–Kier alpha value is -1.12. The van der Waals surface area contributed by atoms with E-state index in [0.717, 1.165) is 12.1 Å². The quantitative estimate of drug-likeness (QED) is 0.803. The molecule has 0 spiro atoms. The van der Waals surface area contributed by atoms with Gasteiger partial charge in [0.2, 0.25) is 5.95 Å². The van der Waals surface area contributed by atoms with E-state index in [4.69, 9.17) is 5.73 Å². The number of anilines is 1. The van der Waals surface area contributed by atoms with Crippen LogP contribution in [0.3, 0.4) is 0 Å². The highest BCUT2D eigenvalue weighted by atomic mass is 15.0. The van der Waals surface area contributed by atoms with Crippen LogP contribution in [0.25, 0.3) is 0 Å². The van der Waals surface area contributed by atoms with Crippen LogP contribution in [-0.2, 0) is 0 Å². The van der Waals surface area contributed by atoms with E-state index in [1.807, 2.05) is 6.20 Å². The van der Waals surface area contributed by atoms with Gasteiger partial charge in [-0.3, -0.25) is 0 Å². The van der Waals surface area contributed by atoms with Gasteiger partial charge in [-0.05, 0) is 23.8 Å². The van der Waals surface area contributed by atoms with Crippen LogP contribution in [0.1, 0.15) is 57.2 Å². The molecular weight excluding hydrogens is 174 g/mol. The normalized spacial score (nSPS) is 13.2. The first kappa shape index (κ1) is 11.0. The molecule has 1 aromatic heterocycles. The van der Waals surface area contributed by atoms with Crippen molar-refractivity contribution in [3.05, 3.63) is 17.5 Å². The minimum Gasteiger partial charge on any atom is -0.368 e. The first-order chi connectivity index (χ1) is 6.56. The fourth-order valence-corrected chi connectivity index (χ4v) is 1.45. The maximum Gasteiger partial charge on any atom is 0.220 e. The fourth-order valence-electron chi connectivity index (χ4n) is 1.45. The van der Waals surface area contributed by atoms with Gasteiger partial charge in [0.15, 0.2) is 0 Å². The summed E-state index contributed by atoms with van der Waals surface area (Å²) in [7, 11) is 0. The van der Waals surface area contributed by atoms with E-state index in [1.54, 1.807) is 0 Å². The van der Waals surface area contributed by atoms with Crippen LogP contribution >= 0.6 is 0 Å². The van der Waals surface area contributed by atoms with Gasteiger partial charge < -0.3 is 5.73 Å². The zero-order valence-corrected chi connectivity index (χ0v) is 9.41. The molecule has 1 aromatic rings. The maximum atomic E-state index is 5.60. The maximum absolute atomic E-state index is 5.60. The molecule has 0 aromatic carbocycles. The van der Waals surface area contributed by atoms with Crippen molar-refractivity contribution in [1.82, 2.24) is 9.97 Å². The van der Waals surface area contributed by atoms with Gasteiger partial charge in [0, 0.05) is 6.20 Å². The Morgan fingerprint density at radius 1 is 1.36 bits per heavy atom. The third-order valence-electron chi connectivity index (χ3n) is 2.57. The molecule has 0 aliphatic heterocycles. The second kappa shape index (κ2) is 4.40. The molecular formula is C11H19N3. The molecule has 2 N–H and O–H groups in total. The van der Waals surface area contributed by atoms with Crippen molar-refractivity contribution in [2.45, 2.75) is 46.0 Å². The highest BCUT2D eigenvalue weighted by molar-refractivity contribution is 5.29. The molecule has 0 amide bonds. The summed E-state index contributed by atoms with van der Waals surface area (Å²) in [6.45, 7) is 8.64. The van der Waals surface area contributed by atoms with Crippen LogP contribution in [0.2, 0.25) is 0 Å². The third kappa shape index (κ3) is 2.22. The standard InChI is InChI=1S/C11H19N3/c1-5-8(4)10-9(7(2)3)6-13-11(12)14-10/h6-8H,5H2,1-4H3,(H2,12,13,14). The van der Waals surface area contributed by atoms with Crippen LogP contribution in [0.4, 0.5) is 5.95 Å². The van der Waals surface area contributed by atoms with Crippen LogP contribution in [0.5, 0.6) is 0 Å². The largest absolute Gasteiger partial charge is 0.368 e. The van der Waals surface area contributed by atoms with Crippen LogP contribution in [-0.4, -0.2) is 9.97 Å². The molecule has 14 heavy (non-hydrogen) atoms. The second-order valence-corrected chi connectivity index (χ2v) is 4.03. The van der Waals surface area contributed by atoms with Crippen LogP contribution in [0.15, 0.2) is 6.20 Å². The lowest BCUT2D eigenvalue weighted by molar-refractivity contribution is 0.678. The van der Waals surface area contributed by atoms with E-state index < -0.39 is 0 Å². The summed E-state index contributed by atoms with van der Waals surface area (Å²) in [4.78, 5) is 8.38. The van der Waals surface area contributed by atoms with Crippen molar-refractivity contribution in [3.63, 3.8) is 0 Å². The summed E-state index contributed by atoms with van der Waals surface area (Å²) >= 11 is 0. The van der Waals surface area contributed by atoms with Crippen molar-refractivity contribution in [1.29, 1.82) is 0 Å². The lowest BCUT2D eigenvalue weighted by Gasteiger charge is -2.15. The molecule has 1 rings (SSSR count). The minimum absolute atomic E-state index is 0.379. The van der Waals surface area contributed by atoms with Gasteiger partial charge in [-0.1, -0.05) is 27.7 Å². The smallest absolute Gasteiger partial charge is 0.220 e. The highest BCUT2D eigenvalue weighted by Gasteiger charge is 2.14. The molecule has 0 aliphatic carbocycles. The topological polar surface area (TPSA) is 51.8 Å². The molecule has 0 saturated heterocycles. The van der Waals surface area contributed by atoms with Gasteiger partial charge in [0.1, 0.15) is 0 Å². The van der Waals surface area contributed by atoms with E-state index in [0.29, 0.717) is 17.8 Å². The van der Waals surface area contributed by atoms with E-state index in [2.05, 4.69) is 37.7 Å². The molecule has 0 aliphatic rings. The molecule has 0 fully saturated rings. The first-order valence-electron chi connectivity index (χ1n) is 5.18. The monoisotopic (exact) mass is 193 g/mol. The zero-order chi connectivity index (χ0) is 10.7. The zero-order valence-electron chi connectivity index (χ0n) is 9.41. The summed E-state index contributed by atoms with van der Waals surface area (Å²) in [6, 6.07) is 0. The van der Waals surface area contributed by atoms with Gasteiger partial charge in [0.25, 0.3) is 0 Å². The first-order valence-corrected chi connectivity index (χ1v) is 5.18. The van der Waals surface area contributed by atoms with E-state index in [-0.39, 0.29) is 0 Å². The summed E-state index contributed by atoms with van der Waals surface area (Å²) in [6.07, 6.45) is 2.94. The molecule has 3 nitrogen and oxygen atoms in total. The average Bonchev–Trinajstić information content (AvgIpc) is 2.16. The molecule has 0 saturated carbocycles. The predicted molar refractivity (Wildman–Crippen MR) is 59.2 cm³/mol. The van der Waals surface area contributed by atoms with Crippen LogP contribution in [0, 0.1) is 0 Å². The van der Waals surface area contributed by atoms with Crippen molar-refractivity contribution in [2.75, 3.05) is 5.73 Å². The number of nitrogens with zero attached hydrogens (tertiary/aromatic N) is 2. The van der Waals surface area contributed by atoms with Gasteiger partial charge in [0.05, 0.1) is 5.69 Å². The van der Waals surface area contributed by atoms with Crippen molar-refractivity contribution in [2.24, 2.45) is 0 Å². The molecule has 1 unspecified atom stereocenters. The second-order valence-electron chi connectivity index (χ2n) is 4.03. The Bertz CT molecular complexity index is 307. The number of rotatable bonds is 3. The SMILES string of the molecule is CCC(C)c1nc(N)ncc1C(C)C. The van der Waals surface area contributed by atoms with Crippen molar-refractivity contribution >= 4 is 5.95 Å². The molecule has 1 heterocycles. The molecule has 0 radical (unpaired) electrons. The van der Waals surface area contributed by atoms with Gasteiger partial charge in [-0.25, -0.2) is 9.97 Å². The van der Waals surface area contributed by atoms with E-state index in [9.17, 15) is 0 Å². The molecule has 78 valence electrons. The Morgan fingerprint density at radius 2 is 2.00 bits per heavy atom. The van der Waals surface area contributed by atoms with E-state index >= 15 is 0 Å². The number of hydrogen-bond donors (Lipinski definition) is 1. The average molecular weight is 193 g/mol. The van der Waals surface area contributed by atoms with Crippen molar-refractivity contribution in [3.8, 4) is 0 Å². The lowest BCUT2D eigenvalue weighted by Crippen LogP contribution is -2.07. The number of hydrogen-bond acceptors (Lipinski definition) is 3. The van der Waals surface area contributed by atoms with Crippen LogP contribution < -0.4 is 5.73 Å². The number of nitrogen functional groups attached to an aromatic ring is 1. The third-order valence-corrected chi connectivity index (χ3v) is 2.57. The minimum atomic E-state index is 0.379. The molecule has 0 bridgehead atoms. The molecule has 3 heteroatoms. The Kier molecular flexibility index (Phi) is 3.44. The summed E-state index contributed by atoms with van der Waals surface area (Å²) in [5, 5.41) is 0. The fraction of sp³-hybridized carbons (Fsp3) is 0.636. The van der Waals surface area contributed by atoms with Gasteiger partial charge in [-0.2, -0.15) is 0 Å². The van der Waals surface area contributed by atoms with Crippen molar-refractivity contribution < 1.29 is 0 Å². The lowest BCUT2D eigenvalue weighted by atomic mass is 9.94. The Balaban J connectivity index is 3.15. The number of nitrogens with two attached hydrogens (primary N) is 1. The Morgan fingerprint density at radius 3 is 2.50 bits per heavy atom. The predicted octanol–water partition coefficient (Wildman–Crippen LogP) is 2.70. The van der Waals surface area contributed by atoms with Gasteiger partial charge in [-0.15, -0.1) is 0 Å². The summed E-state index contributed by atoms with van der Waals surface area (Å²) < 4.78 is 0. The molecule has 1 atom stereocenters. The number of aromatic nitrogens is 2. The Labute approximate surface area is 85.8 Å². The summed E-state index contributed by atoms with van der Waals surface area (Å²) in [5.74, 6) is 1.29. The van der Waals surface area contributed by atoms with E-state index in [1.165, 1.54) is 5.56 Å². The van der Waals surface area contributed by atoms with Gasteiger partial charge >= 0.3 is 0 Å². The highest BCUT2D eigenvalue weighted by Crippen LogP contribution is 2.26. The summed E-state index contributed by atoms with van der Waals surface area (Å²) in [5.41, 5.74) is 7.92.